The number of nitro groups is 1. The molecule has 1 N–H and O–H groups in total. The molecule has 0 unspecified atom stereocenters. The number of non-ortho nitro benzene ring substituents is 1. The molecule has 1 atom stereocenters. The van der Waals surface area contributed by atoms with E-state index in [-0.39, 0.29) is 22.0 Å². The lowest BCUT2D eigenvalue weighted by atomic mass is 10.2. The van der Waals surface area contributed by atoms with Gasteiger partial charge in [0.05, 0.1) is 31.8 Å². The highest BCUT2D eigenvalue weighted by Gasteiger charge is 2.20. The summed E-state index contributed by atoms with van der Waals surface area (Å²) in [6.07, 6.45) is 0. The molecule has 0 saturated carbocycles. The normalized spacial score (nSPS) is 12.0. The van der Waals surface area contributed by atoms with Gasteiger partial charge in [-0.1, -0.05) is 35.5 Å². The van der Waals surface area contributed by atoms with Gasteiger partial charge in [-0.15, -0.1) is 0 Å². The van der Waals surface area contributed by atoms with Crippen molar-refractivity contribution in [1.29, 1.82) is 0 Å². The van der Waals surface area contributed by atoms with Crippen molar-refractivity contribution in [3.05, 3.63) is 68.0 Å². The number of halogens is 1. The summed E-state index contributed by atoms with van der Waals surface area (Å²) in [4.78, 5) is 39.8. The summed E-state index contributed by atoms with van der Waals surface area (Å²) in [6, 6.07) is 10.8. The molecule has 8 nitrogen and oxygen atoms in total. The number of fused-ring (bicyclic) bond motifs is 1. The van der Waals surface area contributed by atoms with E-state index in [1.165, 1.54) is 22.8 Å². The minimum Gasteiger partial charge on any atom is -0.324 e. The fraction of sp³-hybridized carbons (Fsp3) is 0.167. The molecule has 2 aromatic carbocycles. The van der Waals surface area contributed by atoms with Crippen molar-refractivity contribution < 1.29 is 9.72 Å². The SMILES string of the molecule is C[C@@H](Sc1nc2ccccc2c(=O)n1C)C(=O)Nc1cc([N+](=O)[O-])ccc1Cl. The molecule has 144 valence electrons. The molecule has 1 amide bonds. The molecule has 3 rings (SSSR count). The number of carbonyl (C=O) groups is 1. The van der Waals surface area contributed by atoms with E-state index in [2.05, 4.69) is 10.3 Å². The summed E-state index contributed by atoms with van der Waals surface area (Å²) in [5.74, 6) is -0.421. The first-order chi connectivity index (χ1) is 13.3. The summed E-state index contributed by atoms with van der Waals surface area (Å²) >= 11 is 7.13. The molecule has 10 heteroatoms. The van der Waals surface area contributed by atoms with Gasteiger partial charge < -0.3 is 5.32 Å². The standard InChI is InChI=1S/C18H15ClN4O4S/c1-10(16(24)20-15-9-11(23(26)27)7-8-13(15)19)28-18-21-14-6-4-3-5-12(14)17(25)22(18)2/h3-10H,1-2H3,(H,20,24)/t10-/m1/s1. The van der Waals surface area contributed by atoms with Crippen LogP contribution in [0, 0.1) is 10.1 Å². The van der Waals surface area contributed by atoms with E-state index in [0.29, 0.717) is 16.1 Å². The van der Waals surface area contributed by atoms with Crippen molar-refractivity contribution in [2.45, 2.75) is 17.3 Å². The minimum absolute atomic E-state index is 0.147. The summed E-state index contributed by atoms with van der Waals surface area (Å²) in [7, 11) is 1.59. The Morgan fingerprint density at radius 3 is 2.75 bits per heavy atom. The molecule has 0 aliphatic rings. The fourth-order valence-corrected chi connectivity index (χ4v) is 3.51. The van der Waals surface area contributed by atoms with Gasteiger partial charge in [-0.3, -0.25) is 24.3 Å². The Morgan fingerprint density at radius 2 is 2.04 bits per heavy atom. The van der Waals surface area contributed by atoms with Gasteiger partial charge in [-0.25, -0.2) is 4.98 Å². The van der Waals surface area contributed by atoms with Crippen LogP contribution in [0.2, 0.25) is 5.02 Å². The van der Waals surface area contributed by atoms with Gasteiger partial charge in [0.2, 0.25) is 5.91 Å². The Hall–Kier alpha value is -2.91. The number of thioether (sulfide) groups is 1. The van der Waals surface area contributed by atoms with Crippen LogP contribution in [-0.2, 0) is 11.8 Å². The predicted molar refractivity (Wildman–Crippen MR) is 109 cm³/mol. The Kier molecular flexibility index (Phi) is 5.66. The van der Waals surface area contributed by atoms with Crippen LogP contribution in [0.25, 0.3) is 10.9 Å². The van der Waals surface area contributed by atoms with Crippen LogP contribution in [-0.4, -0.2) is 25.6 Å². The number of nitrogens with one attached hydrogen (secondary N) is 1. The van der Waals surface area contributed by atoms with Crippen molar-refractivity contribution in [2.75, 3.05) is 5.32 Å². The molecule has 3 aromatic rings. The molecule has 0 spiro atoms. The van der Waals surface area contributed by atoms with Crippen LogP contribution in [0.5, 0.6) is 0 Å². The van der Waals surface area contributed by atoms with Crippen molar-refractivity contribution in [2.24, 2.45) is 7.05 Å². The van der Waals surface area contributed by atoms with Crippen LogP contribution in [0.4, 0.5) is 11.4 Å². The van der Waals surface area contributed by atoms with Gasteiger partial charge in [0.1, 0.15) is 0 Å². The molecule has 0 fully saturated rings. The number of hydrogen-bond acceptors (Lipinski definition) is 6. The summed E-state index contributed by atoms with van der Waals surface area (Å²) in [6.45, 7) is 1.65. The van der Waals surface area contributed by atoms with Gasteiger partial charge in [0.15, 0.2) is 5.16 Å². The zero-order valence-electron chi connectivity index (χ0n) is 14.9. The van der Waals surface area contributed by atoms with Crippen molar-refractivity contribution in [1.82, 2.24) is 9.55 Å². The molecular formula is C18H15ClN4O4S. The highest BCUT2D eigenvalue weighted by molar-refractivity contribution is 8.00. The number of para-hydroxylation sites is 1. The zero-order chi connectivity index (χ0) is 20.4. The van der Waals surface area contributed by atoms with E-state index >= 15 is 0 Å². The molecule has 1 heterocycles. The molecule has 0 saturated heterocycles. The minimum atomic E-state index is -0.630. The van der Waals surface area contributed by atoms with E-state index in [4.69, 9.17) is 11.6 Å². The Bertz CT molecular complexity index is 1150. The number of rotatable bonds is 5. The number of nitro benzene ring substituents is 1. The van der Waals surface area contributed by atoms with E-state index < -0.39 is 16.1 Å². The van der Waals surface area contributed by atoms with Crippen LogP contribution >= 0.6 is 23.4 Å². The van der Waals surface area contributed by atoms with Crippen LogP contribution < -0.4 is 10.9 Å². The molecule has 0 radical (unpaired) electrons. The topological polar surface area (TPSA) is 107 Å². The number of benzene rings is 2. The Morgan fingerprint density at radius 1 is 1.32 bits per heavy atom. The molecular weight excluding hydrogens is 404 g/mol. The lowest BCUT2D eigenvalue weighted by Gasteiger charge is -2.14. The first-order valence-corrected chi connectivity index (χ1v) is 9.41. The van der Waals surface area contributed by atoms with Crippen LogP contribution in [0.3, 0.4) is 0 Å². The Balaban J connectivity index is 1.83. The summed E-state index contributed by atoms with van der Waals surface area (Å²) < 4.78 is 1.39. The third-order valence-corrected chi connectivity index (χ3v) is 5.49. The third kappa shape index (κ3) is 4.00. The largest absolute Gasteiger partial charge is 0.324 e. The quantitative estimate of drug-likeness (QED) is 0.293. The lowest BCUT2D eigenvalue weighted by Crippen LogP contribution is -2.25. The first kappa shape index (κ1) is 19.8. The van der Waals surface area contributed by atoms with Gasteiger partial charge >= 0.3 is 0 Å². The number of carbonyl (C=O) groups excluding carboxylic acids is 1. The number of aromatic nitrogens is 2. The fourth-order valence-electron chi connectivity index (χ4n) is 2.47. The van der Waals surface area contributed by atoms with Gasteiger partial charge in [0.25, 0.3) is 11.2 Å². The molecule has 1 aromatic heterocycles. The highest BCUT2D eigenvalue weighted by Crippen LogP contribution is 2.28. The van der Waals surface area contributed by atoms with Crippen molar-refractivity contribution >= 4 is 51.5 Å². The maximum Gasteiger partial charge on any atom is 0.271 e. The summed E-state index contributed by atoms with van der Waals surface area (Å²) in [5, 5.41) is 13.9. The van der Waals surface area contributed by atoms with E-state index in [1.54, 1.807) is 38.2 Å². The van der Waals surface area contributed by atoms with Crippen molar-refractivity contribution in [3.8, 4) is 0 Å². The van der Waals surface area contributed by atoms with Gasteiger partial charge in [-0.2, -0.15) is 0 Å². The van der Waals surface area contributed by atoms with Crippen LogP contribution in [0.15, 0.2) is 52.4 Å². The smallest absolute Gasteiger partial charge is 0.271 e. The third-order valence-electron chi connectivity index (χ3n) is 4.01. The maximum atomic E-state index is 12.5. The number of hydrogen-bond donors (Lipinski definition) is 1. The predicted octanol–water partition coefficient (Wildman–Crippen LogP) is 3.61. The Labute approximate surface area is 168 Å². The molecule has 28 heavy (non-hydrogen) atoms. The average Bonchev–Trinajstić information content (AvgIpc) is 2.67. The first-order valence-electron chi connectivity index (χ1n) is 8.15. The molecule has 0 aliphatic heterocycles. The second-order valence-corrected chi connectivity index (χ2v) is 7.66. The zero-order valence-corrected chi connectivity index (χ0v) is 16.5. The average molecular weight is 419 g/mol. The number of nitrogens with zero attached hydrogens (tertiary/aromatic N) is 3. The van der Waals surface area contributed by atoms with E-state index in [1.807, 2.05) is 0 Å². The highest BCUT2D eigenvalue weighted by atomic mass is 35.5. The lowest BCUT2D eigenvalue weighted by molar-refractivity contribution is -0.384. The van der Waals surface area contributed by atoms with Crippen molar-refractivity contribution in [3.63, 3.8) is 0 Å². The van der Waals surface area contributed by atoms with Gasteiger partial charge in [0, 0.05) is 19.2 Å². The maximum absolute atomic E-state index is 12.5. The summed E-state index contributed by atoms with van der Waals surface area (Å²) in [5.41, 5.74) is 0.303. The molecule has 0 aliphatic carbocycles. The number of amides is 1. The molecule has 0 bridgehead atoms. The second kappa shape index (κ2) is 7.99. The van der Waals surface area contributed by atoms with E-state index in [9.17, 15) is 19.7 Å². The van der Waals surface area contributed by atoms with E-state index in [0.717, 1.165) is 11.8 Å². The number of anilines is 1. The van der Waals surface area contributed by atoms with Gasteiger partial charge in [-0.05, 0) is 25.1 Å². The second-order valence-electron chi connectivity index (χ2n) is 5.95. The monoisotopic (exact) mass is 418 g/mol. The van der Waals surface area contributed by atoms with Crippen LogP contribution in [0.1, 0.15) is 6.92 Å².